The predicted molar refractivity (Wildman–Crippen MR) is 111 cm³/mol. The minimum atomic E-state index is -4.57. The van der Waals surface area contributed by atoms with Crippen molar-refractivity contribution in [2.24, 2.45) is 0 Å². The lowest BCUT2D eigenvalue weighted by molar-refractivity contribution is -0.384. The van der Waals surface area contributed by atoms with Crippen LogP contribution >= 0.6 is 0 Å². The molecule has 0 fully saturated rings. The molecule has 0 N–H and O–H groups in total. The molecule has 2 aromatic carbocycles. The van der Waals surface area contributed by atoms with Crippen molar-refractivity contribution >= 4 is 27.6 Å². The summed E-state index contributed by atoms with van der Waals surface area (Å²) in [7, 11) is -4.57. The number of carbonyl (C=O) groups is 2. The Labute approximate surface area is 180 Å². The summed E-state index contributed by atoms with van der Waals surface area (Å²) in [6.45, 7) is 4.71. The molecule has 0 amide bonds. The molecule has 0 saturated heterocycles. The van der Waals surface area contributed by atoms with Gasteiger partial charge in [0.1, 0.15) is 5.60 Å². The molecule has 0 aliphatic rings. The van der Waals surface area contributed by atoms with Crippen LogP contribution in [0.5, 0.6) is 0 Å². The first-order valence-corrected chi connectivity index (χ1v) is 10.8. The number of aryl methyl sites for hydroxylation is 1. The summed E-state index contributed by atoms with van der Waals surface area (Å²) in [5.74, 6) is -1.89. The Kier molecular flexibility index (Phi) is 7.64. The third kappa shape index (κ3) is 7.26. The Morgan fingerprint density at radius 2 is 1.61 bits per heavy atom. The van der Waals surface area contributed by atoms with Gasteiger partial charge in [0.05, 0.1) is 9.82 Å². The molecule has 1 atom stereocenters. The number of esters is 1. The fourth-order valence-electron chi connectivity index (χ4n) is 2.54. The first kappa shape index (κ1) is 24.2. The van der Waals surface area contributed by atoms with Gasteiger partial charge in [0.15, 0.2) is 5.78 Å². The van der Waals surface area contributed by atoms with Gasteiger partial charge >= 0.3 is 5.97 Å². The van der Waals surface area contributed by atoms with E-state index in [0.717, 1.165) is 29.8 Å². The molecule has 0 aliphatic heterocycles. The Balaban J connectivity index is 2.25. The molecule has 0 aromatic heterocycles. The number of Topliss-reactive ketones (excluding diaryl/α,β-unsaturated/α-hetero) is 1. The maximum Gasteiger partial charge on any atom is 0.345 e. The molecule has 0 aliphatic carbocycles. The third-order valence-corrected chi connectivity index (χ3v) is 5.27. The van der Waals surface area contributed by atoms with Gasteiger partial charge < -0.3 is 4.74 Å². The van der Waals surface area contributed by atoms with E-state index in [4.69, 9.17) is 8.92 Å². The van der Waals surface area contributed by atoms with E-state index in [0.29, 0.717) is 0 Å². The molecule has 0 saturated carbocycles. The van der Waals surface area contributed by atoms with Crippen molar-refractivity contribution in [3.63, 3.8) is 0 Å². The summed E-state index contributed by atoms with van der Waals surface area (Å²) in [5.41, 5.74) is -0.464. The van der Waals surface area contributed by atoms with Crippen LogP contribution in [0.1, 0.15) is 32.8 Å². The number of ether oxygens (including phenoxy) is 1. The number of hydrogen-bond donors (Lipinski definition) is 0. The van der Waals surface area contributed by atoms with Gasteiger partial charge in [-0.3, -0.25) is 14.9 Å². The van der Waals surface area contributed by atoms with Crippen LogP contribution in [0.15, 0.2) is 59.5 Å². The molecular weight excluding hydrogens is 426 g/mol. The van der Waals surface area contributed by atoms with Crippen LogP contribution in [0, 0.1) is 10.1 Å². The van der Waals surface area contributed by atoms with E-state index in [1.807, 2.05) is 6.07 Å². The maximum absolute atomic E-state index is 12.7. The summed E-state index contributed by atoms with van der Waals surface area (Å²) in [5, 5.41) is 10.8. The normalized spacial score (nSPS) is 12.7. The number of hydrogen-bond acceptors (Lipinski definition) is 8. The zero-order valence-electron chi connectivity index (χ0n) is 17.3. The van der Waals surface area contributed by atoms with Gasteiger partial charge in [-0.25, -0.2) is 8.98 Å². The lowest BCUT2D eigenvalue weighted by Gasteiger charge is -2.23. The van der Waals surface area contributed by atoms with E-state index in [1.54, 1.807) is 45.0 Å². The molecule has 0 heterocycles. The molecule has 0 radical (unpaired) electrons. The van der Waals surface area contributed by atoms with Crippen molar-refractivity contribution < 1.29 is 31.9 Å². The predicted octanol–water partition coefficient (Wildman–Crippen LogP) is 3.21. The average Bonchev–Trinajstić information content (AvgIpc) is 2.69. The smallest absolute Gasteiger partial charge is 0.345 e. The topological polar surface area (TPSA) is 130 Å². The fraction of sp³-hybridized carbons (Fsp3) is 0.333. The molecule has 2 rings (SSSR count). The number of rotatable bonds is 9. The van der Waals surface area contributed by atoms with Gasteiger partial charge in [-0.1, -0.05) is 30.3 Å². The van der Waals surface area contributed by atoms with Crippen LogP contribution in [0.2, 0.25) is 0 Å². The zero-order chi connectivity index (χ0) is 23.2. The molecule has 166 valence electrons. The molecular formula is C21H23NO8S. The van der Waals surface area contributed by atoms with Crippen LogP contribution in [0.4, 0.5) is 5.69 Å². The summed E-state index contributed by atoms with van der Waals surface area (Å²) < 4.78 is 35.4. The number of nitro groups is 1. The standard InChI is InChI=1S/C21H23NO8S/c1-21(2,3)29-20(24)19(18(23)14-9-15-7-5-4-6-8-15)30-31(27,28)17-12-10-16(11-13-17)22(25)26/h4-8,10-13,19H,9,14H2,1-3H3. The van der Waals surface area contributed by atoms with Crippen LogP contribution in [0.25, 0.3) is 0 Å². The van der Waals surface area contributed by atoms with Gasteiger partial charge in [-0.05, 0) is 44.9 Å². The van der Waals surface area contributed by atoms with E-state index in [2.05, 4.69) is 0 Å². The van der Waals surface area contributed by atoms with Crippen molar-refractivity contribution in [2.45, 2.75) is 50.2 Å². The first-order valence-electron chi connectivity index (χ1n) is 9.36. The average molecular weight is 449 g/mol. The quantitative estimate of drug-likeness (QED) is 0.188. The van der Waals surface area contributed by atoms with Gasteiger partial charge in [0.2, 0.25) is 6.10 Å². The minimum absolute atomic E-state index is 0.149. The summed E-state index contributed by atoms with van der Waals surface area (Å²) in [6.07, 6.45) is -1.87. The number of carbonyl (C=O) groups excluding carboxylic acids is 2. The van der Waals surface area contributed by atoms with Crippen molar-refractivity contribution in [1.29, 1.82) is 0 Å². The molecule has 10 heteroatoms. The summed E-state index contributed by atoms with van der Waals surface area (Å²) in [6, 6.07) is 12.9. The molecule has 1 unspecified atom stereocenters. The van der Waals surface area contributed by atoms with E-state index in [9.17, 15) is 28.1 Å². The van der Waals surface area contributed by atoms with Crippen molar-refractivity contribution in [3.8, 4) is 0 Å². The van der Waals surface area contributed by atoms with E-state index < -0.39 is 43.4 Å². The van der Waals surface area contributed by atoms with Gasteiger partial charge in [-0.15, -0.1) is 0 Å². The Bertz CT molecular complexity index is 1040. The van der Waals surface area contributed by atoms with Crippen LogP contribution < -0.4 is 0 Å². The summed E-state index contributed by atoms with van der Waals surface area (Å²) in [4.78, 5) is 34.9. The SMILES string of the molecule is CC(C)(C)OC(=O)C(OS(=O)(=O)c1ccc([N+](=O)[O-])cc1)C(=O)CCc1ccccc1. The monoisotopic (exact) mass is 449 g/mol. The fourth-order valence-corrected chi connectivity index (χ4v) is 3.56. The zero-order valence-corrected chi connectivity index (χ0v) is 18.1. The molecule has 0 bridgehead atoms. The van der Waals surface area contributed by atoms with Crippen LogP contribution in [-0.4, -0.2) is 36.8 Å². The maximum atomic E-state index is 12.7. The van der Waals surface area contributed by atoms with Gasteiger partial charge in [0.25, 0.3) is 15.8 Å². The summed E-state index contributed by atoms with van der Waals surface area (Å²) >= 11 is 0. The second kappa shape index (κ2) is 9.80. The largest absolute Gasteiger partial charge is 0.458 e. The Morgan fingerprint density at radius 1 is 1.03 bits per heavy atom. The van der Waals surface area contributed by atoms with Crippen molar-refractivity contribution in [1.82, 2.24) is 0 Å². The van der Waals surface area contributed by atoms with Gasteiger partial charge in [0, 0.05) is 18.6 Å². The number of benzene rings is 2. The minimum Gasteiger partial charge on any atom is -0.458 e. The van der Waals surface area contributed by atoms with E-state index in [-0.39, 0.29) is 18.5 Å². The lowest BCUT2D eigenvalue weighted by Crippen LogP contribution is -2.40. The Morgan fingerprint density at radius 3 is 2.13 bits per heavy atom. The van der Waals surface area contributed by atoms with Crippen molar-refractivity contribution in [2.75, 3.05) is 0 Å². The number of non-ortho nitro benzene ring substituents is 1. The Hall–Kier alpha value is -3.11. The molecule has 0 spiro atoms. The van der Waals surface area contributed by atoms with E-state index >= 15 is 0 Å². The highest BCUT2D eigenvalue weighted by Gasteiger charge is 2.36. The lowest BCUT2D eigenvalue weighted by atomic mass is 10.0. The van der Waals surface area contributed by atoms with Crippen molar-refractivity contribution in [3.05, 3.63) is 70.3 Å². The highest BCUT2D eigenvalue weighted by atomic mass is 32.2. The van der Waals surface area contributed by atoms with Crippen LogP contribution in [0.3, 0.4) is 0 Å². The highest BCUT2D eigenvalue weighted by molar-refractivity contribution is 7.86. The first-order chi connectivity index (χ1) is 14.4. The highest BCUT2D eigenvalue weighted by Crippen LogP contribution is 2.21. The third-order valence-electron chi connectivity index (χ3n) is 3.98. The van der Waals surface area contributed by atoms with E-state index in [1.165, 1.54) is 0 Å². The molecule has 31 heavy (non-hydrogen) atoms. The molecule has 2 aromatic rings. The number of nitrogens with zero attached hydrogens (tertiary/aromatic N) is 1. The molecule has 9 nitrogen and oxygen atoms in total. The van der Waals surface area contributed by atoms with Crippen LogP contribution in [-0.2, 0) is 35.0 Å². The second-order valence-corrected chi connectivity index (χ2v) is 9.24. The second-order valence-electron chi connectivity index (χ2n) is 7.67. The van der Waals surface area contributed by atoms with Gasteiger partial charge in [-0.2, -0.15) is 8.42 Å². The number of ketones is 1. The number of nitro benzene ring substituents is 1.